The third kappa shape index (κ3) is 9.43. The molecule has 0 radical (unpaired) electrons. The lowest BCUT2D eigenvalue weighted by Crippen LogP contribution is -2.69. The van der Waals surface area contributed by atoms with Gasteiger partial charge in [0.15, 0.2) is 18.9 Å². The summed E-state index contributed by atoms with van der Waals surface area (Å²) in [4.78, 5) is 13.4. The van der Waals surface area contributed by atoms with E-state index < -0.39 is 129 Å². The second kappa shape index (κ2) is 20.2. The molecule has 0 amide bonds. The van der Waals surface area contributed by atoms with Gasteiger partial charge in [0.25, 0.3) is 0 Å². The maximum Gasteiger partial charge on any atom is 0.306 e. The van der Waals surface area contributed by atoms with Crippen molar-refractivity contribution in [3.63, 3.8) is 0 Å². The van der Waals surface area contributed by atoms with E-state index >= 15 is 0 Å². The van der Waals surface area contributed by atoms with Gasteiger partial charge in [-0.25, -0.2) is 0 Å². The molecule has 12 N–H and O–H groups in total. The molecule has 376 valence electrons. The van der Waals surface area contributed by atoms with Crippen LogP contribution in [0.1, 0.15) is 98.8 Å². The highest BCUT2D eigenvalue weighted by molar-refractivity contribution is 5.69. The summed E-state index contributed by atoms with van der Waals surface area (Å²) in [7, 11) is 0. The Morgan fingerprint density at radius 2 is 1.37 bits per heavy atom. The predicted octanol–water partition coefficient (Wildman–Crippen LogP) is -2.07. The molecule has 20 heteroatoms. The number of esters is 1. The van der Waals surface area contributed by atoms with Gasteiger partial charge in [-0.05, 0) is 87.4 Å². The Hall–Kier alpha value is -1.25. The number of hydrogen-bond donors (Lipinski definition) is 12. The summed E-state index contributed by atoms with van der Waals surface area (Å²) in [6.45, 7) is 8.58. The van der Waals surface area contributed by atoms with E-state index in [0.29, 0.717) is 32.1 Å². The van der Waals surface area contributed by atoms with Gasteiger partial charge in [-0.2, -0.15) is 0 Å². The number of ether oxygens (including phenoxy) is 7. The largest absolute Gasteiger partial charge is 0.462 e. The van der Waals surface area contributed by atoms with Crippen molar-refractivity contribution in [2.24, 2.45) is 40.4 Å². The maximum absolute atomic E-state index is 13.4. The highest BCUT2D eigenvalue weighted by Gasteiger charge is 2.69. The van der Waals surface area contributed by atoms with Crippen molar-refractivity contribution < 1.29 is 99.2 Å². The van der Waals surface area contributed by atoms with Crippen molar-refractivity contribution in [3.05, 3.63) is 0 Å². The average Bonchev–Trinajstić information content (AvgIpc) is 3.56. The van der Waals surface area contributed by atoms with Crippen LogP contribution in [0.2, 0.25) is 0 Å². The van der Waals surface area contributed by atoms with E-state index in [-0.39, 0.29) is 66.5 Å². The van der Waals surface area contributed by atoms with Crippen LogP contribution in [0.15, 0.2) is 0 Å². The molecule has 0 aromatic rings. The summed E-state index contributed by atoms with van der Waals surface area (Å²) in [5, 5.41) is 128. The van der Waals surface area contributed by atoms with E-state index in [4.69, 9.17) is 33.2 Å². The lowest BCUT2D eigenvalue weighted by molar-refractivity contribution is -0.364. The Morgan fingerprint density at radius 1 is 0.738 bits per heavy atom. The number of carbonyl (C=O) groups is 1. The number of aliphatic hydroxyl groups is 12. The molecule has 0 unspecified atom stereocenters. The SMILES string of the molecule is CC[C@H]1[C@H](OC(=O)CC[C@H](C)CO[C@H]2O[C@@H](CO)[C@H](O)[C@@H](O)[C@@H]2O)C[C@@H]2[C@H]3C[C@H](O)[C@@]4(O)C[C@@H](O[C@H]5O[C@@H](CO)[C@H](O[C@H]6O[C@@H](C)[C@H](O)[C@@H](O)[C@@H]6O)[C@@H](O)[C@@H]5O)CC[C@@]4(C)[C@@H]3CC[C@@]21C. The fourth-order valence-corrected chi connectivity index (χ4v) is 13.3. The first-order valence-electron chi connectivity index (χ1n) is 23.8. The third-order valence-corrected chi connectivity index (χ3v) is 17.2. The second-order valence-electron chi connectivity index (χ2n) is 21.0. The molecule has 7 aliphatic rings. The van der Waals surface area contributed by atoms with Crippen molar-refractivity contribution in [1.29, 1.82) is 0 Å². The number of hydrogen-bond acceptors (Lipinski definition) is 20. The van der Waals surface area contributed by atoms with E-state index in [9.17, 15) is 66.1 Å². The molecule has 3 saturated heterocycles. The van der Waals surface area contributed by atoms with Gasteiger partial charge in [0.2, 0.25) is 0 Å². The third-order valence-electron chi connectivity index (χ3n) is 17.2. The molecule has 4 saturated carbocycles. The average molecular weight is 937 g/mol. The molecular formula is C45H76O20. The summed E-state index contributed by atoms with van der Waals surface area (Å²) in [5.41, 5.74) is -2.45. The van der Waals surface area contributed by atoms with Gasteiger partial charge in [-0.15, -0.1) is 0 Å². The molecule has 7 fully saturated rings. The quantitative estimate of drug-likeness (QED) is 0.0658. The van der Waals surface area contributed by atoms with E-state index in [1.54, 1.807) is 0 Å². The Bertz CT molecular complexity index is 1590. The summed E-state index contributed by atoms with van der Waals surface area (Å²) in [6.07, 6.45) is -18.9. The fourth-order valence-electron chi connectivity index (χ4n) is 13.3. The van der Waals surface area contributed by atoms with Gasteiger partial charge in [0.05, 0.1) is 43.7 Å². The molecule has 0 spiro atoms. The highest BCUT2D eigenvalue weighted by Crippen LogP contribution is 2.69. The van der Waals surface area contributed by atoms with Gasteiger partial charge in [-0.3, -0.25) is 4.79 Å². The maximum atomic E-state index is 13.4. The fraction of sp³-hybridized carbons (Fsp3) is 0.978. The summed E-state index contributed by atoms with van der Waals surface area (Å²) in [5.74, 6) is -0.195. The van der Waals surface area contributed by atoms with Crippen LogP contribution in [0.3, 0.4) is 0 Å². The lowest BCUT2D eigenvalue weighted by atomic mass is 9.42. The zero-order chi connectivity index (χ0) is 47.5. The van der Waals surface area contributed by atoms with E-state index in [0.717, 1.165) is 19.3 Å². The van der Waals surface area contributed by atoms with Crippen molar-refractivity contribution >= 4 is 5.97 Å². The Morgan fingerprint density at radius 3 is 2.05 bits per heavy atom. The van der Waals surface area contributed by atoms with Crippen molar-refractivity contribution in [1.82, 2.24) is 0 Å². The Kier molecular flexibility index (Phi) is 16.1. The molecule has 3 aliphatic heterocycles. The van der Waals surface area contributed by atoms with Gasteiger partial charge >= 0.3 is 5.97 Å². The molecule has 0 aromatic carbocycles. The van der Waals surface area contributed by atoms with Crippen LogP contribution in [0.25, 0.3) is 0 Å². The van der Waals surface area contributed by atoms with Crippen molar-refractivity contribution in [2.75, 3.05) is 19.8 Å². The first-order valence-corrected chi connectivity index (χ1v) is 23.8. The molecule has 7 rings (SSSR count). The molecule has 20 nitrogen and oxygen atoms in total. The van der Waals surface area contributed by atoms with E-state index in [2.05, 4.69) is 13.8 Å². The topological polar surface area (TPSA) is 324 Å². The molecule has 4 aliphatic carbocycles. The summed E-state index contributed by atoms with van der Waals surface area (Å²) in [6, 6.07) is 0. The van der Waals surface area contributed by atoms with Crippen molar-refractivity contribution in [3.8, 4) is 0 Å². The lowest BCUT2D eigenvalue weighted by Gasteiger charge is -2.65. The zero-order valence-corrected chi connectivity index (χ0v) is 38.1. The number of rotatable bonds is 14. The number of carbonyl (C=O) groups excluding carboxylic acids is 1. The molecule has 0 bridgehead atoms. The van der Waals surface area contributed by atoms with Gasteiger partial charge in [-0.1, -0.05) is 27.7 Å². The minimum absolute atomic E-state index is 0.0201. The van der Waals surface area contributed by atoms with Crippen LogP contribution in [0, 0.1) is 40.4 Å². The first-order chi connectivity index (χ1) is 30.6. The van der Waals surface area contributed by atoms with Crippen LogP contribution >= 0.6 is 0 Å². The Labute approximate surface area is 379 Å². The summed E-state index contributed by atoms with van der Waals surface area (Å²) >= 11 is 0. The minimum Gasteiger partial charge on any atom is -0.462 e. The minimum atomic E-state index is -1.70. The van der Waals surface area contributed by atoms with Crippen LogP contribution in [-0.2, 0) is 38.0 Å². The molecule has 3 heterocycles. The van der Waals surface area contributed by atoms with Crippen LogP contribution in [-0.4, -0.2) is 203 Å². The van der Waals surface area contributed by atoms with Crippen LogP contribution in [0.5, 0.6) is 0 Å². The second-order valence-corrected chi connectivity index (χ2v) is 21.0. The number of aliphatic hydroxyl groups excluding tert-OH is 11. The van der Waals surface area contributed by atoms with Crippen molar-refractivity contribution in [2.45, 2.75) is 215 Å². The van der Waals surface area contributed by atoms with Gasteiger partial charge in [0, 0.05) is 24.2 Å². The van der Waals surface area contributed by atoms with E-state index in [1.165, 1.54) is 6.92 Å². The molecule has 0 aromatic heterocycles. The smallest absolute Gasteiger partial charge is 0.306 e. The first kappa shape index (κ1) is 51.6. The normalized spacial score (nSPS) is 52.8. The van der Waals surface area contributed by atoms with Gasteiger partial charge in [0.1, 0.15) is 73.2 Å². The highest BCUT2D eigenvalue weighted by atomic mass is 16.7. The Balaban J connectivity index is 0.942. The molecule has 65 heavy (non-hydrogen) atoms. The van der Waals surface area contributed by atoms with Gasteiger partial charge < -0.3 is 94.4 Å². The zero-order valence-electron chi connectivity index (χ0n) is 38.1. The van der Waals surface area contributed by atoms with E-state index in [1.807, 2.05) is 13.8 Å². The molecular weight excluding hydrogens is 860 g/mol. The number of fused-ring (bicyclic) bond motifs is 5. The summed E-state index contributed by atoms with van der Waals surface area (Å²) < 4.78 is 40.7. The predicted molar refractivity (Wildman–Crippen MR) is 222 cm³/mol. The standard InChI is InChI=1S/C45H76O20/c1-6-23-26(62-30(49)8-7-19(2)18-59-40-36(55)34(53)32(51)27(16-46)63-40)14-25-22-13-29(48)45(58)15-21(9-12-44(45,5)24(22)10-11-43(23,25)4)61-42-38(57)35(54)39(28(17-47)64-42)65-41-37(56)33(52)31(50)20(3)60-41/h19-29,31-42,46-48,50-58H,6-18H2,1-5H3/t19-,20-,21-,22-,23-,24+,25+,26+,27-,28-,29-,31-,32-,33+,34+,35-,36-,37-,38-,39-,40-,41+,42-,43+,44-,45-/m0/s1. The monoisotopic (exact) mass is 936 g/mol. The van der Waals surface area contributed by atoms with Crippen LogP contribution in [0.4, 0.5) is 0 Å². The van der Waals surface area contributed by atoms with Crippen LogP contribution < -0.4 is 0 Å². The molecule has 26 atom stereocenters.